The first-order valence-electron chi connectivity index (χ1n) is 6.99. The Morgan fingerprint density at radius 2 is 2.14 bits per heavy atom. The van der Waals surface area contributed by atoms with Gasteiger partial charge in [0.05, 0.1) is 11.8 Å². The molecule has 0 fully saturated rings. The Labute approximate surface area is 122 Å². The second-order valence-electron chi connectivity index (χ2n) is 5.74. The van der Waals surface area contributed by atoms with E-state index in [9.17, 15) is 9.90 Å². The van der Waals surface area contributed by atoms with Crippen LogP contribution in [0.5, 0.6) is 0 Å². The van der Waals surface area contributed by atoms with Crippen molar-refractivity contribution in [1.29, 1.82) is 0 Å². The van der Waals surface area contributed by atoms with Crippen molar-refractivity contribution in [3.63, 3.8) is 0 Å². The molecule has 0 spiro atoms. The highest BCUT2D eigenvalue weighted by atomic mass is 16.5. The average molecular weight is 290 g/mol. The summed E-state index contributed by atoms with van der Waals surface area (Å²) in [7, 11) is 0. The predicted molar refractivity (Wildman–Crippen MR) is 76.3 cm³/mol. The lowest BCUT2D eigenvalue weighted by molar-refractivity contribution is -0.0404. The number of fused-ring (bicyclic) bond motifs is 2. The van der Waals surface area contributed by atoms with Crippen molar-refractivity contribution < 1.29 is 19.0 Å². The van der Waals surface area contributed by atoms with Crippen molar-refractivity contribution in [3.05, 3.63) is 51.8 Å². The van der Waals surface area contributed by atoms with Crippen LogP contribution in [0.3, 0.4) is 0 Å². The molecule has 3 rings (SSSR count). The van der Waals surface area contributed by atoms with Gasteiger partial charge in [-0.05, 0) is 19.1 Å². The predicted octanol–water partition coefficient (Wildman–Crippen LogP) is 2.37. The molecule has 1 N–H and O–H groups in total. The first kappa shape index (κ1) is 14.1. The van der Waals surface area contributed by atoms with Crippen LogP contribution in [0.4, 0.5) is 0 Å². The summed E-state index contributed by atoms with van der Waals surface area (Å²) in [4.78, 5) is 11.5. The summed E-state index contributed by atoms with van der Waals surface area (Å²) in [6, 6.07) is 3.00. The summed E-state index contributed by atoms with van der Waals surface area (Å²) in [5, 5.41) is 10.7. The van der Waals surface area contributed by atoms with Crippen molar-refractivity contribution in [1.82, 2.24) is 0 Å². The van der Waals surface area contributed by atoms with Crippen LogP contribution in [0, 0.1) is 5.41 Å². The topological polar surface area (TPSA) is 68.9 Å². The SMILES string of the molecule is CCO[C@@H]1c2oc(=O)ccc2C2=C([C@H]1O)C(C)(C)C=CO2. The number of hydrogen-bond donors (Lipinski definition) is 1. The average Bonchev–Trinajstić information content (AvgIpc) is 2.42. The fourth-order valence-corrected chi connectivity index (χ4v) is 2.91. The summed E-state index contributed by atoms with van der Waals surface area (Å²) < 4.78 is 16.5. The summed E-state index contributed by atoms with van der Waals surface area (Å²) in [5.74, 6) is 0.867. The highest BCUT2D eigenvalue weighted by molar-refractivity contribution is 5.71. The van der Waals surface area contributed by atoms with Crippen LogP contribution in [0.25, 0.3) is 5.76 Å². The van der Waals surface area contributed by atoms with Crippen LogP contribution in [-0.2, 0) is 9.47 Å². The Balaban J connectivity index is 2.25. The summed E-state index contributed by atoms with van der Waals surface area (Å²) >= 11 is 0. The van der Waals surface area contributed by atoms with Gasteiger partial charge in [-0.1, -0.05) is 13.8 Å². The van der Waals surface area contributed by atoms with Crippen molar-refractivity contribution in [2.24, 2.45) is 5.41 Å². The van der Waals surface area contributed by atoms with Crippen LogP contribution < -0.4 is 5.63 Å². The lowest BCUT2D eigenvalue weighted by Crippen LogP contribution is -2.36. The van der Waals surface area contributed by atoms with E-state index in [0.29, 0.717) is 23.7 Å². The first-order chi connectivity index (χ1) is 9.95. The third-order valence-electron chi connectivity index (χ3n) is 3.90. The molecule has 1 aliphatic heterocycles. The molecule has 5 nitrogen and oxygen atoms in total. The molecular weight excluding hydrogens is 272 g/mol. The quantitative estimate of drug-likeness (QED) is 0.905. The number of hydrogen-bond acceptors (Lipinski definition) is 5. The molecule has 2 atom stereocenters. The van der Waals surface area contributed by atoms with Crippen LogP contribution in [0.2, 0.25) is 0 Å². The van der Waals surface area contributed by atoms with Crippen LogP contribution in [0.1, 0.15) is 38.2 Å². The molecule has 0 unspecified atom stereocenters. The zero-order chi connectivity index (χ0) is 15.2. The number of allylic oxidation sites excluding steroid dienone is 1. The number of aliphatic hydroxyl groups is 1. The Morgan fingerprint density at radius 1 is 1.38 bits per heavy atom. The maximum absolute atomic E-state index is 11.5. The van der Waals surface area contributed by atoms with Gasteiger partial charge in [0.1, 0.15) is 18.0 Å². The van der Waals surface area contributed by atoms with Gasteiger partial charge in [0, 0.05) is 23.7 Å². The molecule has 21 heavy (non-hydrogen) atoms. The molecule has 0 amide bonds. The van der Waals surface area contributed by atoms with Crippen LogP contribution >= 0.6 is 0 Å². The van der Waals surface area contributed by atoms with Gasteiger partial charge in [-0.2, -0.15) is 0 Å². The van der Waals surface area contributed by atoms with E-state index in [1.54, 1.807) is 12.3 Å². The molecule has 0 radical (unpaired) electrons. The minimum atomic E-state index is -0.919. The zero-order valence-corrected chi connectivity index (χ0v) is 12.3. The second kappa shape index (κ2) is 4.86. The van der Waals surface area contributed by atoms with Gasteiger partial charge < -0.3 is 19.0 Å². The highest BCUT2D eigenvalue weighted by Gasteiger charge is 2.44. The fourth-order valence-electron chi connectivity index (χ4n) is 2.91. The van der Waals surface area contributed by atoms with Gasteiger partial charge in [-0.25, -0.2) is 4.79 Å². The largest absolute Gasteiger partial charge is 0.464 e. The summed E-state index contributed by atoms with van der Waals surface area (Å²) in [5.41, 5.74) is 0.562. The van der Waals surface area contributed by atoms with E-state index in [0.717, 1.165) is 5.57 Å². The monoisotopic (exact) mass is 290 g/mol. The van der Waals surface area contributed by atoms with E-state index in [4.69, 9.17) is 13.9 Å². The summed E-state index contributed by atoms with van der Waals surface area (Å²) in [6.45, 7) is 6.23. The highest BCUT2D eigenvalue weighted by Crippen LogP contribution is 2.48. The van der Waals surface area contributed by atoms with Crippen molar-refractivity contribution in [2.75, 3.05) is 6.61 Å². The maximum Gasteiger partial charge on any atom is 0.335 e. The summed E-state index contributed by atoms with van der Waals surface area (Å²) in [6.07, 6.45) is 1.87. The zero-order valence-electron chi connectivity index (χ0n) is 12.3. The van der Waals surface area contributed by atoms with Gasteiger partial charge in [-0.3, -0.25) is 0 Å². The van der Waals surface area contributed by atoms with E-state index < -0.39 is 17.8 Å². The van der Waals surface area contributed by atoms with Crippen molar-refractivity contribution in [3.8, 4) is 0 Å². The van der Waals surface area contributed by atoms with Crippen molar-refractivity contribution >= 4 is 5.76 Å². The minimum absolute atomic E-state index is 0.321. The molecule has 1 aromatic heterocycles. The maximum atomic E-state index is 11.5. The molecule has 0 aromatic carbocycles. The lowest BCUT2D eigenvalue weighted by atomic mass is 9.74. The third kappa shape index (κ3) is 2.13. The van der Waals surface area contributed by atoms with E-state index in [1.807, 2.05) is 26.8 Å². The molecule has 2 heterocycles. The van der Waals surface area contributed by atoms with E-state index in [-0.39, 0.29) is 5.41 Å². The van der Waals surface area contributed by atoms with Crippen molar-refractivity contribution in [2.45, 2.75) is 33.0 Å². The molecule has 2 aliphatic rings. The Bertz CT molecular complexity index is 680. The van der Waals surface area contributed by atoms with Crippen LogP contribution in [0.15, 0.2) is 39.3 Å². The Hall–Kier alpha value is -1.85. The number of rotatable bonds is 2. The molecule has 5 heteroatoms. The van der Waals surface area contributed by atoms with Gasteiger partial charge in [0.15, 0.2) is 5.76 Å². The molecule has 0 saturated heterocycles. The van der Waals surface area contributed by atoms with E-state index >= 15 is 0 Å². The van der Waals surface area contributed by atoms with Gasteiger partial charge >= 0.3 is 5.63 Å². The first-order valence-corrected chi connectivity index (χ1v) is 6.99. The fraction of sp³-hybridized carbons (Fsp3) is 0.438. The minimum Gasteiger partial charge on any atom is -0.464 e. The van der Waals surface area contributed by atoms with E-state index in [2.05, 4.69) is 0 Å². The van der Waals surface area contributed by atoms with Gasteiger partial charge in [-0.15, -0.1) is 0 Å². The molecule has 1 aliphatic carbocycles. The van der Waals surface area contributed by atoms with Gasteiger partial charge in [0.2, 0.25) is 0 Å². The van der Waals surface area contributed by atoms with E-state index in [1.165, 1.54) is 6.07 Å². The lowest BCUT2D eigenvalue weighted by Gasteiger charge is -2.39. The molecule has 112 valence electrons. The van der Waals surface area contributed by atoms with Crippen LogP contribution in [-0.4, -0.2) is 17.8 Å². The molecular formula is C16H18O5. The Morgan fingerprint density at radius 3 is 2.86 bits per heavy atom. The molecule has 1 aromatic rings. The molecule has 0 bridgehead atoms. The van der Waals surface area contributed by atoms with Gasteiger partial charge in [0.25, 0.3) is 0 Å². The standard InChI is InChI=1S/C16H18O5/c1-4-19-15-12(18)11-13(20-8-7-16(11,2)3)9-5-6-10(17)21-14(9)15/h5-8,12,15,18H,4H2,1-3H3/t12-,15+/m1/s1. The molecule has 0 saturated carbocycles. The Kier molecular flexibility index (Phi) is 3.26. The smallest absolute Gasteiger partial charge is 0.335 e. The number of aliphatic hydroxyl groups excluding tert-OH is 1. The second-order valence-corrected chi connectivity index (χ2v) is 5.74. The normalized spacial score (nSPS) is 26.1. The third-order valence-corrected chi connectivity index (χ3v) is 3.90. The number of ether oxygens (including phenoxy) is 2.